The van der Waals surface area contributed by atoms with Crippen molar-refractivity contribution in [2.24, 2.45) is 0 Å². The van der Waals surface area contributed by atoms with Gasteiger partial charge in [-0.15, -0.1) is 0 Å². The molecule has 0 aliphatic heterocycles. The molecular weight excluding hydrogens is 421 g/mol. The van der Waals surface area contributed by atoms with Crippen molar-refractivity contribution in [3.63, 3.8) is 0 Å². The molecule has 0 atom stereocenters. The summed E-state index contributed by atoms with van der Waals surface area (Å²) in [6.07, 6.45) is 1.99. The van der Waals surface area contributed by atoms with Gasteiger partial charge in [-0.05, 0) is 64.0 Å². The van der Waals surface area contributed by atoms with Crippen molar-refractivity contribution < 1.29 is 4.42 Å². The highest BCUT2D eigenvalue weighted by Crippen LogP contribution is 2.27. The SMILES string of the molecule is CCCc1nc(-c2ccc(Br)o2)nc(NCC)c1I. The third kappa shape index (κ3) is 3.47. The fourth-order valence-corrected chi connectivity index (χ4v) is 2.73. The monoisotopic (exact) mass is 435 g/mol. The van der Waals surface area contributed by atoms with E-state index in [4.69, 9.17) is 4.42 Å². The molecule has 102 valence electrons. The largest absolute Gasteiger partial charge is 0.446 e. The van der Waals surface area contributed by atoms with Crippen LogP contribution in [0.4, 0.5) is 5.82 Å². The third-order valence-corrected chi connectivity index (χ3v) is 4.10. The normalized spacial score (nSPS) is 10.7. The van der Waals surface area contributed by atoms with Gasteiger partial charge in [0.05, 0.1) is 9.26 Å². The molecule has 2 heterocycles. The van der Waals surface area contributed by atoms with E-state index < -0.39 is 0 Å². The van der Waals surface area contributed by atoms with Crippen LogP contribution >= 0.6 is 38.5 Å². The minimum absolute atomic E-state index is 0.630. The van der Waals surface area contributed by atoms with Crippen LogP contribution in [-0.2, 0) is 6.42 Å². The first-order valence-corrected chi connectivity index (χ1v) is 8.08. The lowest BCUT2D eigenvalue weighted by atomic mass is 10.2. The molecular formula is C13H15BrIN3O. The van der Waals surface area contributed by atoms with Gasteiger partial charge in [-0.2, -0.15) is 0 Å². The third-order valence-electron chi connectivity index (χ3n) is 2.54. The lowest BCUT2D eigenvalue weighted by molar-refractivity contribution is 0.550. The molecule has 0 aliphatic carbocycles. The Hall–Kier alpha value is -0.630. The number of furan rings is 1. The van der Waals surface area contributed by atoms with Crippen LogP contribution in [0.15, 0.2) is 21.2 Å². The lowest BCUT2D eigenvalue weighted by Gasteiger charge is -2.10. The van der Waals surface area contributed by atoms with Crippen LogP contribution in [0.3, 0.4) is 0 Å². The second kappa shape index (κ2) is 6.69. The molecule has 0 spiro atoms. The Morgan fingerprint density at radius 3 is 2.68 bits per heavy atom. The number of nitrogens with one attached hydrogen (secondary N) is 1. The van der Waals surface area contributed by atoms with Crippen LogP contribution < -0.4 is 5.32 Å². The van der Waals surface area contributed by atoms with Gasteiger partial charge in [0.1, 0.15) is 5.82 Å². The number of rotatable bonds is 5. The summed E-state index contributed by atoms with van der Waals surface area (Å²) >= 11 is 5.60. The average Bonchev–Trinajstić information content (AvgIpc) is 2.81. The molecule has 2 aromatic rings. The molecule has 0 radical (unpaired) electrons. The van der Waals surface area contributed by atoms with E-state index in [1.54, 1.807) is 0 Å². The van der Waals surface area contributed by atoms with Crippen LogP contribution in [-0.4, -0.2) is 16.5 Å². The molecule has 4 nitrogen and oxygen atoms in total. The van der Waals surface area contributed by atoms with Gasteiger partial charge in [0, 0.05) is 6.54 Å². The fraction of sp³-hybridized carbons (Fsp3) is 0.385. The average molecular weight is 436 g/mol. The minimum Gasteiger partial charge on any atom is -0.446 e. The smallest absolute Gasteiger partial charge is 0.197 e. The highest BCUT2D eigenvalue weighted by molar-refractivity contribution is 14.1. The van der Waals surface area contributed by atoms with E-state index >= 15 is 0 Å². The van der Waals surface area contributed by atoms with Crippen molar-refractivity contribution >= 4 is 44.3 Å². The maximum absolute atomic E-state index is 5.54. The van der Waals surface area contributed by atoms with Gasteiger partial charge < -0.3 is 9.73 Å². The van der Waals surface area contributed by atoms with Crippen molar-refractivity contribution in [2.45, 2.75) is 26.7 Å². The van der Waals surface area contributed by atoms with Gasteiger partial charge in [0.2, 0.25) is 0 Å². The summed E-state index contributed by atoms with van der Waals surface area (Å²) in [5.74, 6) is 2.19. The van der Waals surface area contributed by atoms with Crippen LogP contribution in [0, 0.1) is 3.57 Å². The van der Waals surface area contributed by atoms with Crippen LogP contribution in [0.5, 0.6) is 0 Å². The summed E-state index contributed by atoms with van der Waals surface area (Å²) in [5, 5.41) is 3.28. The predicted molar refractivity (Wildman–Crippen MR) is 88.3 cm³/mol. The summed E-state index contributed by atoms with van der Waals surface area (Å²) in [7, 11) is 0. The summed E-state index contributed by atoms with van der Waals surface area (Å²) in [4.78, 5) is 9.16. The maximum Gasteiger partial charge on any atom is 0.197 e. The van der Waals surface area contributed by atoms with Gasteiger partial charge in [0.25, 0.3) is 0 Å². The minimum atomic E-state index is 0.630. The van der Waals surface area contributed by atoms with E-state index in [1.165, 1.54) is 0 Å². The molecule has 0 unspecified atom stereocenters. The van der Waals surface area contributed by atoms with Crippen molar-refractivity contribution in [3.8, 4) is 11.6 Å². The molecule has 6 heteroatoms. The molecule has 0 saturated carbocycles. The van der Waals surface area contributed by atoms with Crippen LogP contribution in [0.1, 0.15) is 26.0 Å². The Morgan fingerprint density at radius 2 is 2.11 bits per heavy atom. The Morgan fingerprint density at radius 1 is 1.32 bits per heavy atom. The summed E-state index contributed by atoms with van der Waals surface area (Å²) < 4.78 is 7.32. The van der Waals surface area contributed by atoms with Crippen molar-refractivity contribution in [3.05, 3.63) is 26.1 Å². The van der Waals surface area contributed by atoms with Gasteiger partial charge in [0.15, 0.2) is 16.3 Å². The summed E-state index contributed by atoms with van der Waals surface area (Å²) in [6, 6.07) is 3.72. The van der Waals surface area contributed by atoms with Crippen molar-refractivity contribution in [1.29, 1.82) is 0 Å². The predicted octanol–water partition coefficient (Wildman–Crippen LogP) is 4.49. The Kier molecular flexibility index (Phi) is 5.20. The highest BCUT2D eigenvalue weighted by atomic mass is 127. The van der Waals surface area contributed by atoms with E-state index in [9.17, 15) is 0 Å². The molecule has 0 aliphatic rings. The number of halogens is 2. The van der Waals surface area contributed by atoms with Crippen molar-refractivity contribution in [1.82, 2.24) is 9.97 Å². The molecule has 0 bridgehead atoms. The van der Waals surface area contributed by atoms with E-state index in [0.717, 1.165) is 34.5 Å². The Bertz CT molecular complexity index is 544. The number of hydrogen-bond donors (Lipinski definition) is 1. The first kappa shape index (κ1) is 14.8. The maximum atomic E-state index is 5.54. The van der Waals surface area contributed by atoms with E-state index in [0.29, 0.717) is 16.3 Å². The van der Waals surface area contributed by atoms with Gasteiger partial charge in [-0.25, -0.2) is 9.97 Å². The van der Waals surface area contributed by atoms with Gasteiger partial charge >= 0.3 is 0 Å². The molecule has 1 N–H and O–H groups in total. The molecule has 0 saturated heterocycles. The van der Waals surface area contributed by atoms with Gasteiger partial charge in [-0.1, -0.05) is 13.3 Å². The van der Waals surface area contributed by atoms with Crippen molar-refractivity contribution in [2.75, 3.05) is 11.9 Å². The number of anilines is 1. The van der Waals surface area contributed by atoms with Crippen LogP contribution in [0.2, 0.25) is 0 Å². The zero-order valence-corrected chi connectivity index (χ0v) is 14.6. The fourth-order valence-electron chi connectivity index (χ4n) is 1.73. The Balaban J connectivity index is 2.48. The topological polar surface area (TPSA) is 51.0 Å². The summed E-state index contributed by atoms with van der Waals surface area (Å²) in [6.45, 7) is 5.04. The zero-order valence-electron chi connectivity index (χ0n) is 10.8. The second-order valence-corrected chi connectivity index (χ2v) is 5.90. The first-order chi connectivity index (χ1) is 9.15. The summed E-state index contributed by atoms with van der Waals surface area (Å²) in [5.41, 5.74) is 1.07. The number of aromatic nitrogens is 2. The molecule has 0 aromatic carbocycles. The molecule has 0 amide bonds. The van der Waals surface area contributed by atoms with Crippen LogP contribution in [0.25, 0.3) is 11.6 Å². The van der Waals surface area contributed by atoms with E-state index in [2.05, 4.69) is 67.7 Å². The number of aryl methyl sites for hydroxylation is 1. The first-order valence-electron chi connectivity index (χ1n) is 6.21. The number of hydrogen-bond acceptors (Lipinski definition) is 4. The quantitative estimate of drug-likeness (QED) is 0.703. The molecule has 19 heavy (non-hydrogen) atoms. The molecule has 2 rings (SSSR count). The molecule has 2 aromatic heterocycles. The van der Waals surface area contributed by atoms with E-state index in [1.807, 2.05) is 12.1 Å². The van der Waals surface area contributed by atoms with E-state index in [-0.39, 0.29) is 0 Å². The second-order valence-electron chi connectivity index (χ2n) is 4.04. The highest BCUT2D eigenvalue weighted by Gasteiger charge is 2.14. The Labute approximate surface area is 134 Å². The standard InChI is InChI=1S/C13H15BrIN3O/c1-3-5-8-11(15)13(16-4-2)18-12(17-8)9-6-7-10(14)19-9/h6-7H,3-5H2,1-2H3,(H,16,17,18). The zero-order chi connectivity index (χ0) is 13.8. The molecule has 0 fully saturated rings. The van der Waals surface area contributed by atoms with Gasteiger partial charge in [-0.3, -0.25) is 0 Å². The lowest BCUT2D eigenvalue weighted by Crippen LogP contribution is -2.07. The number of nitrogens with zero attached hydrogens (tertiary/aromatic N) is 2.